The van der Waals surface area contributed by atoms with Crippen LogP contribution in [-0.2, 0) is 27.4 Å². The molecule has 2 amide bonds. The number of nitrogens with one attached hydrogen (secondary N) is 1. The Morgan fingerprint density at radius 3 is 2.66 bits per heavy atom. The molecule has 0 spiro atoms. The van der Waals surface area contributed by atoms with E-state index in [1.54, 1.807) is 47.8 Å². The highest BCUT2D eigenvalue weighted by Gasteiger charge is 2.15. The van der Waals surface area contributed by atoms with E-state index in [1.807, 2.05) is 6.07 Å². The van der Waals surface area contributed by atoms with E-state index < -0.39 is 11.9 Å². The topological polar surface area (TPSA) is 121 Å². The van der Waals surface area contributed by atoms with Crippen LogP contribution in [0.3, 0.4) is 0 Å². The number of nitrogens with zero attached hydrogens (tertiary/aromatic N) is 1. The second kappa shape index (κ2) is 11.3. The minimum Gasteiger partial charge on any atom is -0.495 e. The summed E-state index contributed by atoms with van der Waals surface area (Å²) in [4.78, 5) is 40.8. The first-order valence-electron chi connectivity index (χ1n) is 9.49. The third-order valence-electron chi connectivity index (χ3n) is 4.12. The van der Waals surface area contributed by atoms with E-state index >= 15 is 0 Å². The van der Waals surface area contributed by atoms with Gasteiger partial charge in [0, 0.05) is 10.3 Å². The summed E-state index contributed by atoms with van der Waals surface area (Å²) in [6.07, 6.45) is 0.0866. The summed E-state index contributed by atoms with van der Waals surface area (Å²) in [7, 11) is 1.54. The summed E-state index contributed by atoms with van der Waals surface area (Å²) < 4.78 is 10.6. The van der Waals surface area contributed by atoms with Crippen LogP contribution in [0, 0.1) is 0 Å². The number of aromatic nitrogens is 1. The van der Waals surface area contributed by atoms with E-state index in [9.17, 15) is 14.4 Å². The van der Waals surface area contributed by atoms with Crippen molar-refractivity contribution in [2.45, 2.75) is 17.9 Å². The minimum atomic E-state index is -0.527. The molecule has 0 saturated heterocycles. The molecule has 0 unspecified atom stereocenters. The third-order valence-corrected chi connectivity index (χ3v) is 6.11. The average molecular weight is 472 g/mol. The van der Waals surface area contributed by atoms with Crippen molar-refractivity contribution < 1.29 is 23.9 Å². The van der Waals surface area contributed by atoms with E-state index in [-0.39, 0.29) is 24.7 Å². The van der Waals surface area contributed by atoms with Crippen molar-refractivity contribution in [2.24, 2.45) is 5.73 Å². The lowest BCUT2D eigenvalue weighted by Gasteiger charge is -2.09. The molecule has 2 aromatic carbocycles. The summed E-state index contributed by atoms with van der Waals surface area (Å²) in [5.74, 6) is -0.588. The number of esters is 1. The summed E-state index contributed by atoms with van der Waals surface area (Å²) in [5.41, 5.74) is 6.66. The molecule has 0 saturated carbocycles. The number of para-hydroxylation sites is 2. The number of ether oxygens (including phenoxy) is 2. The molecule has 0 fully saturated rings. The van der Waals surface area contributed by atoms with Crippen molar-refractivity contribution in [2.75, 3.05) is 18.2 Å². The largest absolute Gasteiger partial charge is 0.495 e. The highest BCUT2D eigenvalue weighted by molar-refractivity contribution is 8.00. The highest BCUT2D eigenvalue weighted by atomic mass is 32.2. The Hall–Kier alpha value is -3.37. The molecular formula is C22H21N3O5S2. The minimum absolute atomic E-state index is 0.0295. The Bertz CT molecular complexity index is 1120. The van der Waals surface area contributed by atoms with Crippen molar-refractivity contribution in [1.82, 2.24) is 4.98 Å². The van der Waals surface area contributed by atoms with Crippen LogP contribution in [0.15, 0.2) is 58.8 Å². The van der Waals surface area contributed by atoms with Gasteiger partial charge in [-0.1, -0.05) is 24.3 Å². The first-order valence-corrected chi connectivity index (χ1v) is 11.4. The molecule has 166 valence electrons. The van der Waals surface area contributed by atoms with Crippen LogP contribution in [-0.4, -0.2) is 35.6 Å². The maximum Gasteiger partial charge on any atom is 0.339 e. The van der Waals surface area contributed by atoms with Gasteiger partial charge in [0.15, 0.2) is 0 Å². The first kappa shape index (κ1) is 23.3. The van der Waals surface area contributed by atoms with Crippen molar-refractivity contribution >= 4 is 46.6 Å². The summed E-state index contributed by atoms with van der Waals surface area (Å²) in [6.45, 7) is -0.0295. The molecule has 0 bridgehead atoms. The molecule has 0 atom stereocenters. The molecule has 0 radical (unpaired) electrons. The molecule has 0 aliphatic carbocycles. The molecule has 32 heavy (non-hydrogen) atoms. The number of hydrogen-bond donors (Lipinski definition) is 2. The average Bonchev–Trinajstić information content (AvgIpc) is 3.23. The Labute approximate surface area is 193 Å². The van der Waals surface area contributed by atoms with Crippen LogP contribution < -0.4 is 15.8 Å². The number of amides is 2. The molecule has 1 aromatic heterocycles. The molecule has 0 aliphatic rings. The van der Waals surface area contributed by atoms with Gasteiger partial charge in [-0.3, -0.25) is 9.59 Å². The van der Waals surface area contributed by atoms with Gasteiger partial charge >= 0.3 is 5.97 Å². The van der Waals surface area contributed by atoms with Crippen LogP contribution >= 0.6 is 23.1 Å². The standard InChI is InChI=1S/C22H21N3O5S2/c1-29-17-8-4-3-7-16(17)25-20(27)10-21-24-14(12-32-21)11-30-22(28)15-6-2-5-9-18(15)31-13-19(23)26/h2-9,12H,10-11,13H2,1H3,(H2,23,26)(H,25,27). The quantitative estimate of drug-likeness (QED) is 0.344. The van der Waals surface area contributed by atoms with E-state index in [0.717, 1.165) is 0 Å². The second-order valence-corrected chi connectivity index (χ2v) is 8.44. The van der Waals surface area contributed by atoms with Crippen LogP contribution in [0.25, 0.3) is 0 Å². The van der Waals surface area contributed by atoms with Crippen molar-refractivity contribution in [3.05, 3.63) is 70.2 Å². The van der Waals surface area contributed by atoms with Crippen molar-refractivity contribution in [3.63, 3.8) is 0 Å². The number of carbonyl (C=O) groups is 3. The Morgan fingerprint density at radius 2 is 1.88 bits per heavy atom. The predicted molar refractivity (Wildman–Crippen MR) is 123 cm³/mol. The maximum absolute atomic E-state index is 12.5. The van der Waals surface area contributed by atoms with Gasteiger partial charge in [-0.2, -0.15) is 0 Å². The Kier molecular flexibility index (Phi) is 8.23. The van der Waals surface area contributed by atoms with Gasteiger partial charge in [-0.05, 0) is 24.3 Å². The smallest absolute Gasteiger partial charge is 0.339 e. The summed E-state index contributed by atoms with van der Waals surface area (Å²) in [6, 6.07) is 14.0. The van der Waals surface area contributed by atoms with Crippen molar-refractivity contribution in [1.29, 1.82) is 0 Å². The van der Waals surface area contributed by atoms with E-state index in [2.05, 4.69) is 10.3 Å². The van der Waals surface area contributed by atoms with Gasteiger partial charge in [0.25, 0.3) is 0 Å². The fourth-order valence-corrected chi connectivity index (χ4v) is 4.26. The molecule has 0 aliphatic heterocycles. The van der Waals surface area contributed by atoms with Crippen molar-refractivity contribution in [3.8, 4) is 5.75 Å². The molecule has 10 heteroatoms. The fraction of sp³-hybridized carbons (Fsp3) is 0.182. The number of benzene rings is 2. The van der Waals surface area contributed by atoms with Crippen LogP contribution in [0.2, 0.25) is 0 Å². The lowest BCUT2D eigenvalue weighted by molar-refractivity contribution is -0.116. The zero-order valence-electron chi connectivity index (χ0n) is 17.2. The number of thioether (sulfide) groups is 1. The summed E-state index contributed by atoms with van der Waals surface area (Å²) in [5, 5.41) is 5.14. The van der Waals surface area contributed by atoms with Gasteiger partial charge in [0.2, 0.25) is 11.8 Å². The Balaban J connectivity index is 1.55. The van der Waals surface area contributed by atoms with E-state index in [0.29, 0.717) is 32.6 Å². The van der Waals surface area contributed by atoms with Gasteiger partial charge in [0.1, 0.15) is 17.4 Å². The summed E-state index contributed by atoms with van der Waals surface area (Å²) >= 11 is 2.49. The molecular weight excluding hydrogens is 450 g/mol. The number of rotatable bonds is 10. The monoisotopic (exact) mass is 471 g/mol. The normalized spacial score (nSPS) is 10.4. The van der Waals surface area contributed by atoms with Crippen LogP contribution in [0.4, 0.5) is 5.69 Å². The third kappa shape index (κ3) is 6.56. The number of thiazole rings is 1. The van der Waals surface area contributed by atoms with Crippen LogP contribution in [0.1, 0.15) is 21.1 Å². The lowest BCUT2D eigenvalue weighted by Crippen LogP contribution is -2.15. The molecule has 3 N–H and O–H groups in total. The molecule has 1 heterocycles. The number of methoxy groups -OCH3 is 1. The molecule has 3 rings (SSSR count). The SMILES string of the molecule is COc1ccccc1NC(=O)Cc1nc(COC(=O)c2ccccc2SCC(N)=O)cs1. The Morgan fingerprint density at radius 1 is 1.12 bits per heavy atom. The van der Waals surface area contributed by atoms with Gasteiger partial charge in [0.05, 0.1) is 36.2 Å². The number of carbonyl (C=O) groups excluding carboxylic acids is 3. The fourth-order valence-electron chi connectivity index (χ4n) is 2.70. The predicted octanol–water partition coefficient (Wildman–Crippen LogP) is 3.27. The first-order chi connectivity index (χ1) is 15.5. The number of primary amides is 1. The molecule has 3 aromatic rings. The zero-order chi connectivity index (χ0) is 22.9. The van der Waals surface area contributed by atoms with Gasteiger partial charge in [-0.25, -0.2) is 9.78 Å². The van der Waals surface area contributed by atoms with Gasteiger partial charge < -0.3 is 20.5 Å². The molecule has 8 nitrogen and oxygen atoms in total. The number of anilines is 1. The van der Waals surface area contributed by atoms with Crippen LogP contribution in [0.5, 0.6) is 5.75 Å². The number of nitrogens with two attached hydrogens (primary N) is 1. The van der Waals surface area contributed by atoms with E-state index in [1.165, 1.54) is 30.2 Å². The maximum atomic E-state index is 12.5. The number of hydrogen-bond acceptors (Lipinski definition) is 8. The lowest BCUT2D eigenvalue weighted by atomic mass is 10.2. The van der Waals surface area contributed by atoms with E-state index in [4.69, 9.17) is 15.2 Å². The second-order valence-electron chi connectivity index (χ2n) is 6.49. The zero-order valence-corrected chi connectivity index (χ0v) is 18.8. The highest BCUT2D eigenvalue weighted by Crippen LogP contribution is 2.24. The van der Waals surface area contributed by atoms with Gasteiger partial charge in [-0.15, -0.1) is 23.1 Å².